The van der Waals surface area contributed by atoms with Crippen LogP contribution in [0.3, 0.4) is 0 Å². The molecule has 0 aliphatic carbocycles. The molecule has 2 aromatic rings. The van der Waals surface area contributed by atoms with Crippen molar-refractivity contribution in [3.8, 4) is 0 Å². The van der Waals surface area contributed by atoms with Crippen molar-refractivity contribution in [1.29, 1.82) is 0 Å². The van der Waals surface area contributed by atoms with Crippen molar-refractivity contribution in [1.82, 2.24) is 14.9 Å². The van der Waals surface area contributed by atoms with Gasteiger partial charge < -0.3 is 4.90 Å². The van der Waals surface area contributed by atoms with E-state index in [0.717, 1.165) is 44.4 Å². The largest absolute Gasteiger partial charge is 0.338 e. The summed E-state index contributed by atoms with van der Waals surface area (Å²) in [5.74, 6) is 0.860. The predicted octanol–water partition coefficient (Wildman–Crippen LogP) is 1.91. The lowest BCUT2D eigenvalue weighted by Gasteiger charge is -2.34. The van der Waals surface area contributed by atoms with Gasteiger partial charge in [-0.15, -0.1) is 0 Å². The molecule has 0 bridgehead atoms. The maximum Gasteiger partial charge on any atom is 0.225 e. The number of hydrogen-bond acceptors (Lipinski definition) is 4. The highest BCUT2D eigenvalue weighted by Crippen LogP contribution is 2.13. The standard InChI is InChI=1S/C16H19N4/c1-14-7-8-17-16(18-14)20-11-9-19(10-12-20)13-15-5-3-2-4-6-15/h3-8H,9-13H2,1H3. The molecule has 1 aromatic carbocycles. The Hall–Kier alpha value is -1.94. The molecule has 1 radical (unpaired) electrons. The number of anilines is 1. The molecule has 1 fully saturated rings. The van der Waals surface area contributed by atoms with Crippen LogP contribution >= 0.6 is 0 Å². The van der Waals surface area contributed by atoms with E-state index in [2.05, 4.69) is 38.0 Å². The minimum atomic E-state index is 0.860. The van der Waals surface area contributed by atoms with Crippen LogP contribution in [0.1, 0.15) is 11.3 Å². The molecule has 0 saturated carbocycles. The minimum absolute atomic E-state index is 0.860. The second-order valence-electron chi connectivity index (χ2n) is 5.17. The van der Waals surface area contributed by atoms with Crippen LogP contribution in [-0.4, -0.2) is 41.0 Å². The Morgan fingerprint density at radius 3 is 2.55 bits per heavy atom. The second-order valence-corrected chi connectivity index (χ2v) is 5.17. The molecule has 4 nitrogen and oxygen atoms in total. The fraction of sp³-hybridized carbons (Fsp3) is 0.375. The summed E-state index contributed by atoms with van der Waals surface area (Å²) in [7, 11) is 0. The SMILES string of the molecule is Cc1ccnc(N2CCN(Cc3cc[c]cc3)CC2)n1. The zero-order valence-electron chi connectivity index (χ0n) is 11.8. The van der Waals surface area contributed by atoms with E-state index in [1.807, 2.05) is 31.3 Å². The van der Waals surface area contributed by atoms with E-state index >= 15 is 0 Å². The summed E-state index contributed by atoms with van der Waals surface area (Å²) < 4.78 is 0. The monoisotopic (exact) mass is 267 g/mol. The predicted molar refractivity (Wildman–Crippen MR) is 79.5 cm³/mol. The third-order valence-corrected chi connectivity index (χ3v) is 3.63. The third-order valence-electron chi connectivity index (χ3n) is 3.63. The van der Waals surface area contributed by atoms with Crippen LogP contribution in [0.25, 0.3) is 0 Å². The summed E-state index contributed by atoms with van der Waals surface area (Å²) in [4.78, 5) is 13.6. The lowest BCUT2D eigenvalue weighted by atomic mass is 10.2. The van der Waals surface area contributed by atoms with Gasteiger partial charge in [0.25, 0.3) is 0 Å². The van der Waals surface area contributed by atoms with Gasteiger partial charge in [-0.1, -0.05) is 24.3 Å². The maximum absolute atomic E-state index is 4.50. The van der Waals surface area contributed by atoms with E-state index < -0.39 is 0 Å². The molecule has 1 saturated heterocycles. The molecule has 2 heterocycles. The first kappa shape index (κ1) is 13.1. The maximum atomic E-state index is 4.50. The minimum Gasteiger partial charge on any atom is -0.338 e. The summed E-state index contributed by atoms with van der Waals surface area (Å²) >= 11 is 0. The first-order valence-electron chi connectivity index (χ1n) is 7.03. The molecule has 3 rings (SSSR count). The summed E-state index contributed by atoms with van der Waals surface area (Å²) in [5.41, 5.74) is 2.38. The summed E-state index contributed by atoms with van der Waals surface area (Å²) in [6.45, 7) is 7.10. The van der Waals surface area contributed by atoms with Crippen molar-refractivity contribution >= 4 is 5.95 Å². The van der Waals surface area contributed by atoms with Crippen LogP contribution in [0.4, 0.5) is 5.95 Å². The molecule has 20 heavy (non-hydrogen) atoms. The number of aromatic nitrogens is 2. The lowest BCUT2D eigenvalue weighted by Crippen LogP contribution is -2.46. The first-order chi connectivity index (χ1) is 9.81. The molecule has 1 aliphatic heterocycles. The number of nitrogens with zero attached hydrogens (tertiary/aromatic N) is 4. The van der Waals surface area contributed by atoms with Gasteiger partial charge in [0, 0.05) is 44.6 Å². The fourth-order valence-electron chi connectivity index (χ4n) is 2.48. The quantitative estimate of drug-likeness (QED) is 0.850. The molecule has 0 amide bonds. The van der Waals surface area contributed by atoms with E-state index in [4.69, 9.17) is 0 Å². The highest BCUT2D eigenvalue weighted by atomic mass is 15.3. The van der Waals surface area contributed by atoms with Crippen molar-refractivity contribution in [3.63, 3.8) is 0 Å². The van der Waals surface area contributed by atoms with Gasteiger partial charge in [0.15, 0.2) is 0 Å². The molecule has 4 heteroatoms. The summed E-state index contributed by atoms with van der Waals surface area (Å²) in [6.07, 6.45) is 1.84. The molecular weight excluding hydrogens is 248 g/mol. The molecule has 0 unspecified atom stereocenters. The van der Waals surface area contributed by atoms with Crippen molar-refractivity contribution < 1.29 is 0 Å². The van der Waals surface area contributed by atoms with Gasteiger partial charge in [-0.3, -0.25) is 4.90 Å². The number of benzene rings is 1. The van der Waals surface area contributed by atoms with Gasteiger partial charge in [0.1, 0.15) is 0 Å². The van der Waals surface area contributed by atoms with E-state index in [1.54, 1.807) is 0 Å². The van der Waals surface area contributed by atoms with E-state index in [-0.39, 0.29) is 0 Å². The van der Waals surface area contributed by atoms with Crippen molar-refractivity contribution in [3.05, 3.63) is 53.9 Å². The van der Waals surface area contributed by atoms with Crippen LogP contribution < -0.4 is 4.90 Å². The van der Waals surface area contributed by atoms with Crippen molar-refractivity contribution in [2.75, 3.05) is 31.1 Å². The van der Waals surface area contributed by atoms with Crippen LogP contribution in [0.15, 0.2) is 36.5 Å². The Morgan fingerprint density at radius 1 is 1.10 bits per heavy atom. The average Bonchev–Trinajstić information content (AvgIpc) is 2.49. The van der Waals surface area contributed by atoms with Crippen LogP contribution in [0.2, 0.25) is 0 Å². The van der Waals surface area contributed by atoms with Gasteiger partial charge in [0.2, 0.25) is 5.95 Å². The molecule has 1 aromatic heterocycles. The number of rotatable bonds is 3. The fourth-order valence-corrected chi connectivity index (χ4v) is 2.48. The molecule has 103 valence electrons. The Morgan fingerprint density at radius 2 is 1.85 bits per heavy atom. The van der Waals surface area contributed by atoms with Crippen molar-refractivity contribution in [2.24, 2.45) is 0 Å². The highest BCUT2D eigenvalue weighted by Gasteiger charge is 2.18. The molecule has 1 aliphatic rings. The second kappa shape index (κ2) is 6.01. The summed E-state index contributed by atoms with van der Waals surface area (Å²) in [5, 5.41) is 0. The van der Waals surface area contributed by atoms with Crippen molar-refractivity contribution in [2.45, 2.75) is 13.5 Å². The Kier molecular flexibility index (Phi) is 3.92. The lowest BCUT2D eigenvalue weighted by molar-refractivity contribution is 0.248. The molecule has 0 atom stereocenters. The zero-order valence-corrected chi connectivity index (χ0v) is 11.8. The van der Waals surface area contributed by atoms with Crippen LogP contribution in [0.5, 0.6) is 0 Å². The number of hydrogen-bond donors (Lipinski definition) is 0. The average molecular weight is 267 g/mol. The zero-order chi connectivity index (χ0) is 13.8. The normalized spacial score (nSPS) is 16.4. The third kappa shape index (κ3) is 3.14. The molecular formula is C16H19N4. The number of piperazine rings is 1. The van der Waals surface area contributed by atoms with E-state index in [0.29, 0.717) is 0 Å². The van der Waals surface area contributed by atoms with Gasteiger partial charge in [0.05, 0.1) is 0 Å². The molecule has 0 N–H and O–H groups in total. The Labute approximate surface area is 120 Å². The number of aryl methyl sites for hydroxylation is 1. The van der Waals surface area contributed by atoms with E-state index in [9.17, 15) is 0 Å². The molecule has 0 spiro atoms. The topological polar surface area (TPSA) is 32.3 Å². The highest BCUT2D eigenvalue weighted by molar-refractivity contribution is 5.31. The van der Waals surface area contributed by atoms with Crippen LogP contribution in [-0.2, 0) is 6.54 Å². The van der Waals surface area contributed by atoms with Gasteiger partial charge in [-0.2, -0.15) is 0 Å². The first-order valence-corrected chi connectivity index (χ1v) is 7.03. The Balaban J connectivity index is 1.57. The van der Waals surface area contributed by atoms with E-state index in [1.165, 1.54) is 5.56 Å². The van der Waals surface area contributed by atoms with Gasteiger partial charge in [-0.05, 0) is 24.6 Å². The smallest absolute Gasteiger partial charge is 0.225 e. The van der Waals surface area contributed by atoms with Crippen LogP contribution in [0, 0.1) is 13.0 Å². The van der Waals surface area contributed by atoms with Gasteiger partial charge >= 0.3 is 0 Å². The Bertz CT molecular complexity index is 547. The summed E-state index contributed by atoms with van der Waals surface area (Å²) in [6, 6.07) is 13.2. The van der Waals surface area contributed by atoms with Gasteiger partial charge in [-0.25, -0.2) is 9.97 Å².